The van der Waals surface area contributed by atoms with Crippen LogP contribution in [0.1, 0.15) is 25.5 Å². The Kier molecular flexibility index (Phi) is 5.41. The van der Waals surface area contributed by atoms with Crippen molar-refractivity contribution in [3.8, 4) is 5.75 Å². The molecule has 1 aromatic carbocycles. The smallest absolute Gasteiger partial charge is 0.119 e. The molecule has 0 amide bonds. The minimum absolute atomic E-state index is 0.209. The molecule has 4 heteroatoms. The molecule has 17 heavy (non-hydrogen) atoms. The first-order valence-corrected chi connectivity index (χ1v) is 5.78. The van der Waals surface area contributed by atoms with Gasteiger partial charge in [0.1, 0.15) is 5.75 Å². The summed E-state index contributed by atoms with van der Waals surface area (Å²) in [5, 5.41) is 22.1. The summed E-state index contributed by atoms with van der Waals surface area (Å²) in [7, 11) is 1.61. The minimum Gasteiger partial charge on any atom is -0.497 e. The SMILES string of the molecule is COc1cccc([C@H](NC[C@H](C)O)[C@@H](C)O)c1. The molecular weight excluding hydrogens is 218 g/mol. The van der Waals surface area contributed by atoms with E-state index in [9.17, 15) is 10.2 Å². The summed E-state index contributed by atoms with van der Waals surface area (Å²) < 4.78 is 5.15. The van der Waals surface area contributed by atoms with Gasteiger partial charge in [-0.2, -0.15) is 0 Å². The molecule has 3 N–H and O–H groups in total. The van der Waals surface area contributed by atoms with Crippen LogP contribution in [0.25, 0.3) is 0 Å². The number of nitrogens with one attached hydrogen (secondary N) is 1. The predicted octanol–water partition coefficient (Wildman–Crippen LogP) is 1.09. The van der Waals surface area contributed by atoms with Crippen molar-refractivity contribution in [2.24, 2.45) is 0 Å². The predicted molar refractivity (Wildman–Crippen MR) is 67.1 cm³/mol. The minimum atomic E-state index is -0.541. The average Bonchev–Trinajstić information content (AvgIpc) is 2.28. The van der Waals surface area contributed by atoms with Gasteiger partial charge in [-0.25, -0.2) is 0 Å². The third-order valence-corrected chi connectivity index (χ3v) is 2.57. The summed E-state index contributed by atoms with van der Waals surface area (Å²) in [5.74, 6) is 0.756. The van der Waals surface area contributed by atoms with Gasteiger partial charge in [0.05, 0.1) is 25.4 Å². The highest BCUT2D eigenvalue weighted by molar-refractivity contribution is 5.31. The summed E-state index contributed by atoms with van der Waals surface area (Å²) in [6.07, 6.45) is -0.984. The van der Waals surface area contributed by atoms with E-state index in [1.54, 1.807) is 21.0 Å². The van der Waals surface area contributed by atoms with Gasteiger partial charge in [0, 0.05) is 6.54 Å². The van der Waals surface area contributed by atoms with Crippen LogP contribution in [0, 0.1) is 0 Å². The molecule has 0 aliphatic rings. The third-order valence-electron chi connectivity index (χ3n) is 2.57. The number of hydrogen-bond acceptors (Lipinski definition) is 4. The molecule has 0 aromatic heterocycles. The molecule has 0 heterocycles. The zero-order chi connectivity index (χ0) is 12.8. The van der Waals surface area contributed by atoms with Gasteiger partial charge in [-0.1, -0.05) is 12.1 Å². The Morgan fingerprint density at radius 2 is 2.00 bits per heavy atom. The van der Waals surface area contributed by atoms with E-state index in [0.717, 1.165) is 11.3 Å². The highest BCUT2D eigenvalue weighted by Crippen LogP contribution is 2.21. The van der Waals surface area contributed by atoms with Gasteiger partial charge >= 0.3 is 0 Å². The average molecular weight is 239 g/mol. The fraction of sp³-hybridized carbons (Fsp3) is 0.538. The molecule has 1 aromatic rings. The van der Waals surface area contributed by atoms with Crippen molar-refractivity contribution >= 4 is 0 Å². The molecule has 4 nitrogen and oxygen atoms in total. The molecule has 0 fully saturated rings. The maximum atomic E-state index is 9.76. The molecule has 0 aliphatic heterocycles. The van der Waals surface area contributed by atoms with Crippen LogP contribution in [-0.4, -0.2) is 36.1 Å². The zero-order valence-corrected chi connectivity index (χ0v) is 10.6. The second-order valence-corrected chi connectivity index (χ2v) is 4.25. The molecule has 1 rings (SSSR count). The van der Waals surface area contributed by atoms with Crippen LogP contribution >= 0.6 is 0 Å². The third kappa shape index (κ3) is 4.34. The Morgan fingerprint density at radius 1 is 1.29 bits per heavy atom. The monoisotopic (exact) mass is 239 g/mol. The Bertz CT molecular complexity index is 339. The van der Waals surface area contributed by atoms with Crippen LogP contribution in [0.5, 0.6) is 5.75 Å². The van der Waals surface area contributed by atoms with Crippen molar-refractivity contribution in [3.63, 3.8) is 0 Å². The molecule has 0 saturated carbocycles. The van der Waals surface area contributed by atoms with Crippen LogP contribution in [-0.2, 0) is 0 Å². The number of aliphatic hydroxyl groups excluding tert-OH is 2. The Morgan fingerprint density at radius 3 is 2.53 bits per heavy atom. The molecule has 96 valence electrons. The number of benzene rings is 1. The van der Waals surface area contributed by atoms with E-state index >= 15 is 0 Å². The zero-order valence-electron chi connectivity index (χ0n) is 10.6. The second-order valence-electron chi connectivity index (χ2n) is 4.25. The Balaban J connectivity index is 2.81. The number of ether oxygens (including phenoxy) is 1. The van der Waals surface area contributed by atoms with Crippen LogP contribution < -0.4 is 10.1 Å². The lowest BCUT2D eigenvalue weighted by Crippen LogP contribution is -2.34. The molecule has 0 radical (unpaired) electrons. The lowest BCUT2D eigenvalue weighted by molar-refractivity contribution is 0.127. The van der Waals surface area contributed by atoms with E-state index < -0.39 is 12.2 Å². The van der Waals surface area contributed by atoms with E-state index in [0.29, 0.717) is 6.54 Å². The van der Waals surface area contributed by atoms with E-state index in [2.05, 4.69) is 5.32 Å². The van der Waals surface area contributed by atoms with Crippen molar-refractivity contribution in [1.82, 2.24) is 5.32 Å². The van der Waals surface area contributed by atoms with Gasteiger partial charge in [0.2, 0.25) is 0 Å². The Labute approximate surface area is 102 Å². The standard InChI is InChI=1S/C13H21NO3/c1-9(15)8-14-13(10(2)16)11-5-4-6-12(7-11)17-3/h4-7,9-10,13-16H,8H2,1-3H3/t9-,10+,13+/m0/s1. The first kappa shape index (κ1) is 14.0. The molecule has 0 saturated heterocycles. The topological polar surface area (TPSA) is 61.7 Å². The summed E-state index contributed by atoms with van der Waals surface area (Å²) in [5.41, 5.74) is 0.944. The molecule has 0 unspecified atom stereocenters. The van der Waals surface area contributed by atoms with E-state index in [-0.39, 0.29) is 6.04 Å². The fourth-order valence-electron chi connectivity index (χ4n) is 1.70. The maximum Gasteiger partial charge on any atom is 0.119 e. The van der Waals surface area contributed by atoms with Crippen LogP contribution in [0.15, 0.2) is 24.3 Å². The fourth-order valence-corrected chi connectivity index (χ4v) is 1.70. The van der Waals surface area contributed by atoms with E-state index in [1.165, 1.54) is 0 Å². The Hall–Kier alpha value is -1.10. The van der Waals surface area contributed by atoms with Gasteiger partial charge in [-0.05, 0) is 31.5 Å². The van der Waals surface area contributed by atoms with Crippen LogP contribution in [0.2, 0.25) is 0 Å². The summed E-state index contributed by atoms with van der Waals surface area (Å²) in [6.45, 7) is 3.86. The molecular formula is C13H21NO3. The second kappa shape index (κ2) is 6.59. The number of rotatable bonds is 6. The van der Waals surface area contributed by atoms with Crippen molar-refractivity contribution in [2.75, 3.05) is 13.7 Å². The number of aliphatic hydroxyl groups is 2. The lowest BCUT2D eigenvalue weighted by Gasteiger charge is -2.23. The lowest BCUT2D eigenvalue weighted by atomic mass is 10.0. The van der Waals surface area contributed by atoms with Gasteiger partial charge in [0.15, 0.2) is 0 Å². The summed E-state index contributed by atoms with van der Waals surface area (Å²) >= 11 is 0. The number of methoxy groups -OCH3 is 1. The summed E-state index contributed by atoms with van der Waals surface area (Å²) in [4.78, 5) is 0. The van der Waals surface area contributed by atoms with E-state index in [4.69, 9.17) is 4.74 Å². The van der Waals surface area contributed by atoms with Crippen LogP contribution in [0.4, 0.5) is 0 Å². The quantitative estimate of drug-likeness (QED) is 0.695. The van der Waals surface area contributed by atoms with Crippen molar-refractivity contribution in [1.29, 1.82) is 0 Å². The first-order chi connectivity index (χ1) is 8.04. The van der Waals surface area contributed by atoms with Crippen molar-refractivity contribution in [3.05, 3.63) is 29.8 Å². The largest absolute Gasteiger partial charge is 0.497 e. The van der Waals surface area contributed by atoms with Gasteiger partial charge in [-0.3, -0.25) is 0 Å². The van der Waals surface area contributed by atoms with Crippen LogP contribution in [0.3, 0.4) is 0 Å². The summed E-state index contributed by atoms with van der Waals surface area (Å²) in [6, 6.07) is 7.34. The molecule has 0 spiro atoms. The first-order valence-electron chi connectivity index (χ1n) is 5.78. The van der Waals surface area contributed by atoms with Crippen molar-refractivity contribution < 1.29 is 14.9 Å². The normalized spacial score (nSPS) is 16.3. The highest BCUT2D eigenvalue weighted by Gasteiger charge is 2.17. The van der Waals surface area contributed by atoms with Gasteiger partial charge < -0.3 is 20.3 Å². The molecule has 3 atom stereocenters. The van der Waals surface area contributed by atoms with Crippen molar-refractivity contribution in [2.45, 2.75) is 32.1 Å². The highest BCUT2D eigenvalue weighted by atomic mass is 16.5. The molecule has 0 aliphatic carbocycles. The van der Waals surface area contributed by atoms with E-state index in [1.807, 2.05) is 24.3 Å². The van der Waals surface area contributed by atoms with Gasteiger partial charge in [0.25, 0.3) is 0 Å². The number of hydrogen-bond donors (Lipinski definition) is 3. The van der Waals surface area contributed by atoms with Gasteiger partial charge in [-0.15, -0.1) is 0 Å². The maximum absolute atomic E-state index is 9.76. The molecule has 0 bridgehead atoms.